The van der Waals surface area contributed by atoms with Crippen molar-refractivity contribution in [3.05, 3.63) is 64.7 Å². The molecular weight excluding hydrogens is 440 g/mol. The predicted molar refractivity (Wildman–Crippen MR) is 138 cm³/mol. The first kappa shape index (κ1) is 25.7. The van der Waals surface area contributed by atoms with Gasteiger partial charge in [-0.2, -0.15) is 0 Å². The number of hydrogen-bond acceptors (Lipinski definition) is 5. The minimum atomic E-state index is 0.0602. The van der Waals surface area contributed by atoms with Crippen LogP contribution in [0.5, 0.6) is 5.75 Å². The maximum Gasteiger partial charge on any atom is 0.253 e. The Morgan fingerprint density at radius 2 is 1.83 bits per heavy atom. The first-order chi connectivity index (χ1) is 17.0. The molecule has 35 heavy (non-hydrogen) atoms. The molecule has 1 saturated heterocycles. The number of nitrogens with zero attached hydrogens (tertiary/aromatic N) is 2. The summed E-state index contributed by atoms with van der Waals surface area (Å²) in [7, 11) is 0. The van der Waals surface area contributed by atoms with E-state index in [0.29, 0.717) is 56.7 Å². The number of rotatable bonds is 4. The van der Waals surface area contributed by atoms with Crippen LogP contribution < -0.4 is 4.74 Å². The third kappa shape index (κ3) is 7.29. The Balaban J connectivity index is 1.56. The van der Waals surface area contributed by atoms with E-state index >= 15 is 0 Å². The highest BCUT2D eigenvalue weighted by Crippen LogP contribution is 2.26. The van der Waals surface area contributed by atoms with E-state index in [9.17, 15) is 9.90 Å². The summed E-state index contributed by atoms with van der Waals surface area (Å²) >= 11 is 0. The summed E-state index contributed by atoms with van der Waals surface area (Å²) in [6, 6.07) is 14.6. The van der Waals surface area contributed by atoms with Crippen LogP contribution in [0.1, 0.15) is 53.7 Å². The largest absolute Gasteiger partial charge is 0.491 e. The summed E-state index contributed by atoms with van der Waals surface area (Å²) in [6.07, 6.45) is 2.43. The number of carbonyl (C=O) groups is 1. The van der Waals surface area contributed by atoms with Crippen molar-refractivity contribution < 1.29 is 19.4 Å². The second-order valence-electron chi connectivity index (χ2n) is 10.3. The Morgan fingerprint density at radius 3 is 2.60 bits per heavy atom. The lowest BCUT2D eigenvalue weighted by atomic mass is 9.96. The number of aliphatic hydroxyl groups is 1. The Labute approximate surface area is 209 Å². The first-order valence-electron chi connectivity index (χ1n) is 13.1. The average molecular weight is 481 g/mol. The van der Waals surface area contributed by atoms with Crippen LogP contribution in [0.3, 0.4) is 0 Å². The van der Waals surface area contributed by atoms with E-state index in [-0.39, 0.29) is 12.5 Å². The van der Waals surface area contributed by atoms with Gasteiger partial charge in [0.2, 0.25) is 0 Å². The van der Waals surface area contributed by atoms with E-state index in [1.807, 2.05) is 23.1 Å². The van der Waals surface area contributed by atoms with Crippen LogP contribution in [0.4, 0.5) is 0 Å². The molecule has 2 heterocycles. The third-order valence-electron chi connectivity index (χ3n) is 6.92. The maximum absolute atomic E-state index is 13.2. The summed E-state index contributed by atoms with van der Waals surface area (Å²) < 4.78 is 12.0. The fraction of sp³-hybridized carbons (Fsp3) is 0.552. The highest BCUT2D eigenvalue weighted by Gasteiger charge is 2.24. The summed E-state index contributed by atoms with van der Waals surface area (Å²) in [4.78, 5) is 17.6. The topological polar surface area (TPSA) is 62.2 Å². The number of piperidine rings is 1. The number of likely N-dealkylation sites (tertiary alicyclic amines) is 1. The van der Waals surface area contributed by atoms with Gasteiger partial charge in [0.15, 0.2) is 0 Å². The van der Waals surface area contributed by atoms with E-state index in [4.69, 9.17) is 9.47 Å². The van der Waals surface area contributed by atoms with E-state index < -0.39 is 0 Å². The maximum atomic E-state index is 13.2. The fourth-order valence-electron chi connectivity index (χ4n) is 5.07. The summed E-state index contributed by atoms with van der Waals surface area (Å²) in [5, 5.41) is 9.41. The second kappa shape index (κ2) is 12.5. The normalized spacial score (nSPS) is 18.6. The summed E-state index contributed by atoms with van der Waals surface area (Å²) in [5.41, 5.74) is 4.24. The van der Waals surface area contributed by atoms with Gasteiger partial charge in [0.05, 0.1) is 13.2 Å². The monoisotopic (exact) mass is 480 g/mol. The van der Waals surface area contributed by atoms with Gasteiger partial charge in [-0.05, 0) is 59.6 Å². The predicted octanol–water partition coefficient (Wildman–Crippen LogP) is 3.99. The van der Waals surface area contributed by atoms with Crippen molar-refractivity contribution in [1.29, 1.82) is 0 Å². The molecule has 190 valence electrons. The van der Waals surface area contributed by atoms with Gasteiger partial charge in [-0.25, -0.2) is 0 Å². The van der Waals surface area contributed by atoms with Gasteiger partial charge in [-0.1, -0.05) is 38.1 Å². The molecule has 2 bridgehead atoms. The molecule has 2 aromatic rings. The molecule has 0 radical (unpaired) electrons. The van der Waals surface area contributed by atoms with Crippen molar-refractivity contribution in [3.8, 4) is 5.75 Å². The first-order valence-corrected chi connectivity index (χ1v) is 13.1. The molecule has 0 aromatic heterocycles. The number of ether oxygens (including phenoxy) is 2. The standard InChI is InChI=1S/C29H40N2O4/c1-22(2)19-30-12-13-34-14-15-35-28-7-6-26(29(33)31-10-8-23(21-32)9-11-31)18-27(28)17-24-4-3-5-25(16-24)20-30/h3-7,16,18,22-23,32H,8-15,17,19-21H2,1-2H3. The second-order valence-corrected chi connectivity index (χ2v) is 10.3. The van der Waals surface area contributed by atoms with Crippen molar-refractivity contribution in [2.75, 3.05) is 52.6 Å². The van der Waals surface area contributed by atoms with E-state index in [1.165, 1.54) is 11.1 Å². The zero-order valence-corrected chi connectivity index (χ0v) is 21.2. The van der Waals surface area contributed by atoms with Gasteiger partial charge in [0, 0.05) is 51.3 Å². The van der Waals surface area contributed by atoms with Crippen molar-refractivity contribution in [2.45, 2.75) is 39.7 Å². The fourth-order valence-corrected chi connectivity index (χ4v) is 5.07. The van der Waals surface area contributed by atoms with Crippen LogP contribution in [0.25, 0.3) is 0 Å². The Morgan fingerprint density at radius 1 is 1.03 bits per heavy atom. The molecule has 0 unspecified atom stereocenters. The molecule has 1 amide bonds. The molecule has 0 saturated carbocycles. The number of amides is 1. The molecule has 2 aliphatic rings. The van der Waals surface area contributed by atoms with Gasteiger partial charge in [-0.15, -0.1) is 0 Å². The molecule has 0 spiro atoms. The number of fused-ring (bicyclic) bond motifs is 3. The van der Waals surface area contributed by atoms with Gasteiger partial charge in [0.1, 0.15) is 12.4 Å². The molecule has 2 aliphatic heterocycles. The van der Waals surface area contributed by atoms with E-state index in [0.717, 1.165) is 43.8 Å². The van der Waals surface area contributed by atoms with E-state index in [2.05, 4.69) is 43.0 Å². The van der Waals surface area contributed by atoms with Crippen LogP contribution >= 0.6 is 0 Å². The minimum absolute atomic E-state index is 0.0602. The van der Waals surface area contributed by atoms with Crippen LogP contribution in [0.2, 0.25) is 0 Å². The number of hydrogen-bond donors (Lipinski definition) is 1. The minimum Gasteiger partial charge on any atom is -0.491 e. The lowest BCUT2D eigenvalue weighted by Crippen LogP contribution is -2.39. The zero-order valence-electron chi connectivity index (χ0n) is 21.2. The smallest absolute Gasteiger partial charge is 0.253 e. The lowest BCUT2D eigenvalue weighted by Gasteiger charge is -2.31. The Hall–Kier alpha value is -2.41. The quantitative estimate of drug-likeness (QED) is 0.717. The molecular formula is C29H40N2O4. The Bertz CT molecular complexity index is 969. The molecule has 0 aliphatic carbocycles. The number of benzene rings is 2. The van der Waals surface area contributed by atoms with Crippen molar-refractivity contribution in [1.82, 2.24) is 9.80 Å². The zero-order chi connectivity index (χ0) is 24.6. The van der Waals surface area contributed by atoms with Crippen molar-refractivity contribution in [3.63, 3.8) is 0 Å². The molecule has 4 rings (SSSR count). The average Bonchev–Trinajstić information content (AvgIpc) is 2.85. The molecule has 0 atom stereocenters. The van der Waals surface area contributed by atoms with Crippen LogP contribution in [0.15, 0.2) is 42.5 Å². The molecule has 6 heteroatoms. The van der Waals surface area contributed by atoms with Crippen LogP contribution in [-0.4, -0.2) is 73.4 Å². The number of carbonyl (C=O) groups excluding carboxylic acids is 1. The summed E-state index contributed by atoms with van der Waals surface area (Å²) in [6.45, 7) is 10.7. The van der Waals surface area contributed by atoms with E-state index in [1.54, 1.807) is 0 Å². The van der Waals surface area contributed by atoms with Crippen LogP contribution in [0, 0.1) is 11.8 Å². The van der Waals surface area contributed by atoms with Gasteiger partial charge in [-0.3, -0.25) is 9.69 Å². The van der Waals surface area contributed by atoms with Crippen LogP contribution in [-0.2, 0) is 17.7 Å². The molecule has 1 N–H and O–H groups in total. The summed E-state index contributed by atoms with van der Waals surface area (Å²) in [5.74, 6) is 1.78. The van der Waals surface area contributed by atoms with Gasteiger partial charge in [0.25, 0.3) is 5.91 Å². The molecule has 2 aromatic carbocycles. The SMILES string of the molecule is CC(C)CN1CCOCCOc2ccc(C(=O)N3CCC(CO)CC3)cc2Cc2cccc(c2)C1. The lowest BCUT2D eigenvalue weighted by molar-refractivity contribution is 0.0650. The Kier molecular flexibility index (Phi) is 9.18. The highest BCUT2D eigenvalue weighted by atomic mass is 16.5. The van der Waals surface area contributed by atoms with Crippen molar-refractivity contribution >= 4 is 5.91 Å². The number of aliphatic hydroxyl groups excluding tert-OH is 1. The van der Waals surface area contributed by atoms with Crippen molar-refractivity contribution in [2.24, 2.45) is 11.8 Å². The van der Waals surface area contributed by atoms with Gasteiger partial charge >= 0.3 is 0 Å². The highest BCUT2D eigenvalue weighted by molar-refractivity contribution is 5.94. The molecule has 1 fully saturated rings. The molecule has 6 nitrogen and oxygen atoms in total. The van der Waals surface area contributed by atoms with Gasteiger partial charge < -0.3 is 19.5 Å². The third-order valence-corrected chi connectivity index (χ3v) is 6.92.